The fraction of sp³-hybridized carbons (Fsp3) is 0.909. The molecule has 0 saturated carbocycles. The standard InChI is InChI=1S/C11H21N3O/c1-9(2)13-10(15)14-7-11(8-14)3-5-12-6-4-11/h9,12H,3-8H2,1-2H3,(H,13,15). The zero-order valence-electron chi connectivity index (χ0n) is 9.68. The van der Waals surface area contributed by atoms with Crippen molar-refractivity contribution >= 4 is 6.03 Å². The first kappa shape index (κ1) is 10.7. The molecule has 4 heteroatoms. The third kappa shape index (κ3) is 2.25. The van der Waals surface area contributed by atoms with Crippen LogP contribution in [0.1, 0.15) is 26.7 Å². The second kappa shape index (κ2) is 4.00. The molecule has 0 bridgehead atoms. The number of amides is 2. The zero-order chi connectivity index (χ0) is 10.9. The SMILES string of the molecule is CC(C)NC(=O)N1CC2(CCNCC2)C1. The molecule has 2 N–H and O–H groups in total. The molecule has 0 aliphatic carbocycles. The molecule has 2 fully saturated rings. The van der Waals surface area contributed by atoms with Gasteiger partial charge in [-0.3, -0.25) is 0 Å². The molecule has 2 rings (SSSR count). The number of likely N-dealkylation sites (tertiary alicyclic amines) is 1. The number of rotatable bonds is 1. The second-order valence-electron chi connectivity index (χ2n) is 5.21. The van der Waals surface area contributed by atoms with Crippen molar-refractivity contribution in [2.24, 2.45) is 5.41 Å². The van der Waals surface area contributed by atoms with Crippen molar-refractivity contribution in [1.29, 1.82) is 0 Å². The molecule has 0 aromatic heterocycles. The Hall–Kier alpha value is -0.770. The smallest absolute Gasteiger partial charge is 0.317 e. The summed E-state index contributed by atoms with van der Waals surface area (Å²) in [6, 6.07) is 0.344. The van der Waals surface area contributed by atoms with Gasteiger partial charge in [0.25, 0.3) is 0 Å². The van der Waals surface area contributed by atoms with Crippen LogP contribution in [0.15, 0.2) is 0 Å². The average Bonchev–Trinajstić information content (AvgIpc) is 2.14. The Labute approximate surface area is 91.4 Å². The van der Waals surface area contributed by atoms with Crippen molar-refractivity contribution in [3.8, 4) is 0 Å². The van der Waals surface area contributed by atoms with Crippen LogP contribution in [0.4, 0.5) is 4.79 Å². The first-order valence-corrected chi connectivity index (χ1v) is 5.87. The fourth-order valence-electron chi connectivity index (χ4n) is 2.52. The Balaban J connectivity index is 1.79. The minimum Gasteiger partial charge on any atom is -0.336 e. The average molecular weight is 211 g/mol. The molecule has 0 radical (unpaired) electrons. The van der Waals surface area contributed by atoms with Gasteiger partial charge in [-0.15, -0.1) is 0 Å². The van der Waals surface area contributed by atoms with Crippen LogP contribution in [0.2, 0.25) is 0 Å². The van der Waals surface area contributed by atoms with Crippen molar-refractivity contribution in [2.75, 3.05) is 26.2 Å². The van der Waals surface area contributed by atoms with Crippen LogP contribution in [0.5, 0.6) is 0 Å². The van der Waals surface area contributed by atoms with Gasteiger partial charge in [0.15, 0.2) is 0 Å². The predicted octanol–water partition coefficient (Wildman–Crippen LogP) is 0.790. The highest BCUT2D eigenvalue weighted by Gasteiger charge is 2.45. The minimum absolute atomic E-state index is 0.106. The van der Waals surface area contributed by atoms with Crippen molar-refractivity contribution in [3.05, 3.63) is 0 Å². The molecule has 2 heterocycles. The van der Waals surface area contributed by atoms with Crippen LogP contribution in [-0.4, -0.2) is 43.2 Å². The van der Waals surface area contributed by atoms with Crippen molar-refractivity contribution in [1.82, 2.24) is 15.5 Å². The Morgan fingerprint density at radius 2 is 1.93 bits per heavy atom. The Morgan fingerprint density at radius 1 is 1.33 bits per heavy atom. The molecule has 2 aliphatic heterocycles. The number of carbonyl (C=O) groups excluding carboxylic acids is 1. The van der Waals surface area contributed by atoms with Crippen LogP contribution in [-0.2, 0) is 0 Å². The van der Waals surface area contributed by atoms with Gasteiger partial charge in [-0.25, -0.2) is 4.79 Å². The maximum absolute atomic E-state index is 11.7. The maximum atomic E-state index is 11.7. The first-order valence-electron chi connectivity index (χ1n) is 5.87. The summed E-state index contributed by atoms with van der Waals surface area (Å²) >= 11 is 0. The summed E-state index contributed by atoms with van der Waals surface area (Å²) < 4.78 is 0. The lowest BCUT2D eigenvalue weighted by Crippen LogP contribution is -2.63. The minimum atomic E-state index is 0.106. The summed E-state index contributed by atoms with van der Waals surface area (Å²) in [5.41, 5.74) is 0.444. The van der Waals surface area contributed by atoms with Crippen molar-refractivity contribution in [3.63, 3.8) is 0 Å². The molecule has 4 nitrogen and oxygen atoms in total. The van der Waals surface area contributed by atoms with Gasteiger partial charge in [-0.2, -0.15) is 0 Å². The van der Waals surface area contributed by atoms with Crippen LogP contribution in [0.25, 0.3) is 0 Å². The van der Waals surface area contributed by atoms with E-state index in [0.717, 1.165) is 26.2 Å². The number of urea groups is 1. The molecule has 1 spiro atoms. The number of nitrogens with one attached hydrogen (secondary N) is 2. The summed E-state index contributed by atoms with van der Waals surface area (Å²) in [5.74, 6) is 0. The van der Waals surface area contributed by atoms with E-state index in [4.69, 9.17) is 0 Å². The molecular formula is C11H21N3O. The van der Waals surface area contributed by atoms with Gasteiger partial charge in [0.05, 0.1) is 0 Å². The molecule has 2 aliphatic rings. The Kier molecular flexibility index (Phi) is 2.87. The van der Waals surface area contributed by atoms with Gasteiger partial charge in [0, 0.05) is 24.5 Å². The Bertz CT molecular complexity index is 238. The van der Waals surface area contributed by atoms with Crippen molar-refractivity contribution in [2.45, 2.75) is 32.7 Å². The molecule has 86 valence electrons. The summed E-state index contributed by atoms with van der Waals surface area (Å²) in [4.78, 5) is 13.6. The highest BCUT2D eigenvalue weighted by Crippen LogP contribution is 2.38. The molecule has 0 aromatic rings. The van der Waals surface area contributed by atoms with E-state index in [2.05, 4.69) is 10.6 Å². The largest absolute Gasteiger partial charge is 0.336 e. The topological polar surface area (TPSA) is 44.4 Å². The highest BCUT2D eigenvalue weighted by molar-refractivity contribution is 5.75. The number of hydrogen-bond acceptors (Lipinski definition) is 2. The van der Waals surface area contributed by atoms with Gasteiger partial charge < -0.3 is 15.5 Å². The predicted molar refractivity (Wildman–Crippen MR) is 59.8 cm³/mol. The van der Waals surface area contributed by atoms with Crippen LogP contribution in [0.3, 0.4) is 0 Å². The first-order chi connectivity index (χ1) is 7.11. The lowest BCUT2D eigenvalue weighted by atomic mass is 9.72. The maximum Gasteiger partial charge on any atom is 0.317 e. The van der Waals surface area contributed by atoms with E-state index in [1.807, 2.05) is 18.7 Å². The lowest BCUT2D eigenvalue weighted by molar-refractivity contribution is 0.00586. The van der Waals surface area contributed by atoms with Gasteiger partial charge >= 0.3 is 6.03 Å². The number of piperidine rings is 1. The molecule has 2 saturated heterocycles. The van der Waals surface area contributed by atoms with E-state index in [1.165, 1.54) is 12.8 Å². The number of carbonyl (C=O) groups is 1. The molecule has 0 atom stereocenters. The Morgan fingerprint density at radius 3 is 2.47 bits per heavy atom. The molecule has 2 amide bonds. The lowest BCUT2D eigenvalue weighted by Gasteiger charge is -2.52. The number of nitrogens with zero attached hydrogens (tertiary/aromatic N) is 1. The van der Waals surface area contributed by atoms with E-state index < -0.39 is 0 Å². The van der Waals surface area contributed by atoms with E-state index in [1.54, 1.807) is 0 Å². The van der Waals surface area contributed by atoms with E-state index >= 15 is 0 Å². The second-order valence-corrected chi connectivity index (χ2v) is 5.21. The zero-order valence-corrected chi connectivity index (χ0v) is 9.68. The van der Waals surface area contributed by atoms with Crippen LogP contribution < -0.4 is 10.6 Å². The summed E-state index contributed by atoms with van der Waals surface area (Å²) in [6.45, 7) is 8.12. The highest BCUT2D eigenvalue weighted by atomic mass is 16.2. The van der Waals surface area contributed by atoms with E-state index in [-0.39, 0.29) is 12.1 Å². The fourth-order valence-corrected chi connectivity index (χ4v) is 2.52. The molecule has 0 unspecified atom stereocenters. The van der Waals surface area contributed by atoms with Gasteiger partial charge in [-0.05, 0) is 39.8 Å². The van der Waals surface area contributed by atoms with Crippen LogP contribution >= 0.6 is 0 Å². The molecule has 0 aromatic carbocycles. The summed E-state index contributed by atoms with van der Waals surface area (Å²) in [7, 11) is 0. The summed E-state index contributed by atoms with van der Waals surface area (Å²) in [5, 5.41) is 6.30. The third-order valence-corrected chi connectivity index (χ3v) is 3.42. The van der Waals surface area contributed by atoms with Crippen LogP contribution in [0, 0.1) is 5.41 Å². The normalized spacial score (nSPS) is 24.1. The summed E-state index contributed by atoms with van der Waals surface area (Å²) in [6.07, 6.45) is 2.44. The van der Waals surface area contributed by atoms with E-state index in [0.29, 0.717) is 5.41 Å². The quantitative estimate of drug-likeness (QED) is 0.673. The molecule has 15 heavy (non-hydrogen) atoms. The monoisotopic (exact) mass is 211 g/mol. The molecular weight excluding hydrogens is 190 g/mol. The van der Waals surface area contributed by atoms with Gasteiger partial charge in [-0.1, -0.05) is 0 Å². The van der Waals surface area contributed by atoms with E-state index in [9.17, 15) is 4.79 Å². The van der Waals surface area contributed by atoms with Crippen molar-refractivity contribution < 1.29 is 4.79 Å². The third-order valence-electron chi connectivity index (χ3n) is 3.42. The number of hydrogen-bond donors (Lipinski definition) is 2. The van der Waals surface area contributed by atoms with Gasteiger partial charge in [0.2, 0.25) is 0 Å². The van der Waals surface area contributed by atoms with Gasteiger partial charge in [0.1, 0.15) is 0 Å².